The first-order valence-electron chi connectivity index (χ1n) is 8.34. The van der Waals surface area contributed by atoms with Crippen molar-refractivity contribution in [1.29, 1.82) is 0 Å². The zero-order chi connectivity index (χ0) is 19.7. The molecule has 0 saturated heterocycles. The fourth-order valence-corrected chi connectivity index (χ4v) is 2.81. The van der Waals surface area contributed by atoms with Crippen LogP contribution in [-0.4, -0.2) is 37.1 Å². The lowest BCUT2D eigenvalue weighted by Gasteiger charge is -2.11. The molecule has 4 aromatic heterocycles. The number of amides is 1. The Labute approximate surface area is 158 Å². The van der Waals surface area contributed by atoms with Gasteiger partial charge in [-0.15, -0.1) is 0 Å². The van der Waals surface area contributed by atoms with E-state index in [-0.39, 0.29) is 16.8 Å². The first kappa shape index (κ1) is 17.2. The molecule has 0 radical (unpaired) electrons. The van der Waals surface area contributed by atoms with Crippen LogP contribution in [0.15, 0.2) is 59.9 Å². The van der Waals surface area contributed by atoms with E-state index in [1.54, 1.807) is 56.0 Å². The van der Waals surface area contributed by atoms with Crippen molar-refractivity contribution in [2.24, 2.45) is 5.73 Å². The fraction of sp³-hybridized carbons (Fsp3) is 0.0556. The number of carbonyl (C=O) groups excluding carboxylic acids is 1. The number of pyridine rings is 2. The Morgan fingerprint density at radius 1 is 1.21 bits per heavy atom. The molecule has 10 heteroatoms. The van der Waals surface area contributed by atoms with E-state index in [1.165, 1.54) is 15.3 Å². The van der Waals surface area contributed by atoms with Gasteiger partial charge >= 0.3 is 0 Å². The number of nitrogens with zero attached hydrogens (tertiary/aromatic N) is 5. The molecule has 0 spiro atoms. The molecule has 28 heavy (non-hydrogen) atoms. The maximum atomic E-state index is 12.9. The summed E-state index contributed by atoms with van der Waals surface area (Å²) >= 11 is 0. The van der Waals surface area contributed by atoms with Gasteiger partial charge in [-0.2, -0.15) is 9.61 Å². The number of fused-ring (bicyclic) bond motifs is 1. The summed E-state index contributed by atoms with van der Waals surface area (Å²) in [6.07, 6.45) is 6.24. The Morgan fingerprint density at radius 3 is 2.79 bits per heavy atom. The standard InChI is InChI=1S/C18H16N8O2/c1-20-15-8-14(24-17-12(16(19)27)10-22-26(15)17)23-13-5-3-7-25(18(13)28)11-4-2-6-21-9-11/h2-10,20H,1H3,(H2,19,27)(H,23,24). The summed E-state index contributed by atoms with van der Waals surface area (Å²) in [4.78, 5) is 32.9. The molecule has 4 rings (SSSR count). The van der Waals surface area contributed by atoms with Gasteiger partial charge in [0.2, 0.25) is 0 Å². The van der Waals surface area contributed by atoms with Crippen LogP contribution < -0.4 is 21.9 Å². The molecule has 10 nitrogen and oxygen atoms in total. The molecule has 0 aliphatic rings. The second-order valence-electron chi connectivity index (χ2n) is 5.87. The first-order valence-corrected chi connectivity index (χ1v) is 8.34. The molecule has 4 heterocycles. The van der Waals surface area contributed by atoms with Crippen LogP contribution in [0.3, 0.4) is 0 Å². The van der Waals surface area contributed by atoms with Crippen molar-refractivity contribution in [3.63, 3.8) is 0 Å². The van der Waals surface area contributed by atoms with Crippen LogP contribution in [0, 0.1) is 0 Å². The minimum absolute atomic E-state index is 0.181. The Morgan fingerprint density at radius 2 is 2.07 bits per heavy atom. The Hall–Kier alpha value is -4.21. The Balaban J connectivity index is 1.80. The van der Waals surface area contributed by atoms with Crippen molar-refractivity contribution in [3.8, 4) is 5.69 Å². The van der Waals surface area contributed by atoms with Gasteiger partial charge in [0, 0.05) is 25.5 Å². The lowest BCUT2D eigenvalue weighted by molar-refractivity contribution is 0.100. The average molecular weight is 376 g/mol. The van der Waals surface area contributed by atoms with Gasteiger partial charge in [0.25, 0.3) is 11.5 Å². The molecular weight excluding hydrogens is 360 g/mol. The maximum Gasteiger partial charge on any atom is 0.278 e. The molecule has 4 N–H and O–H groups in total. The van der Waals surface area contributed by atoms with Crippen LogP contribution in [0.25, 0.3) is 11.3 Å². The van der Waals surface area contributed by atoms with Gasteiger partial charge in [-0.25, -0.2) is 4.98 Å². The van der Waals surface area contributed by atoms with Crippen LogP contribution in [0.1, 0.15) is 10.4 Å². The Bertz CT molecular complexity index is 1230. The minimum atomic E-state index is -0.639. The van der Waals surface area contributed by atoms with Crippen LogP contribution in [0.4, 0.5) is 17.3 Å². The predicted octanol–water partition coefficient (Wildman–Crippen LogP) is 1.16. The van der Waals surface area contributed by atoms with E-state index in [2.05, 4.69) is 25.7 Å². The monoisotopic (exact) mass is 376 g/mol. The van der Waals surface area contributed by atoms with Crippen molar-refractivity contribution < 1.29 is 4.79 Å². The fourth-order valence-electron chi connectivity index (χ4n) is 2.81. The zero-order valence-corrected chi connectivity index (χ0v) is 14.8. The third kappa shape index (κ3) is 2.92. The zero-order valence-electron chi connectivity index (χ0n) is 14.8. The molecular formula is C18H16N8O2. The summed E-state index contributed by atoms with van der Waals surface area (Å²) in [7, 11) is 1.71. The quantitative estimate of drug-likeness (QED) is 0.476. The molecule has 0 bridgehead atoms. The van der Waals surface area contributed by atoms with E-state index < -0.39 is 5.91 Å². The first-order chi connectivity index (χ1) is 13.6. The molecule has 0 atom stereocenters. The number of aromatic nitrogens is 5. The number of anilines is 3. The van der Waals surface area contributed by atoms with Crippen molar-refractivity contribution in [2.45, 2.75) is 0 Å². The molecule has 0 aliphatic carbocycles. The number of nitrogens with one attached hydrogen (secondary N) is 2. The summed E-state index contributed by atoms with van der Waals surface area (Å²) < 4.78 is 2.94. The second kappa shape index (κ2) is 6.83. The van der Waals surface area contributed by atoms with Gasteiger partial charge in [-0.3, -0.25) is 19.1 Å². The van der Waals surface area contributed by atoms with Crippen LogP contribution in [0.2, 0.25) is 0 Å². The third-order valence-electron chi connectivity index (χ3n) is 4.13. The lowest BCUT2D eigenvalue weighted by Crippen LogP contribution is -2.20. The van der Waals surface area contributed by atoms with Gasteiger partial charge in [0.15, 0.2) is 5.65 Å². The highest BCUT2D eigenvalue weighted by Gasteiger charge is 2.15. The number of carbonyl (C=O) groups is 1. The van der Waals surface area contributed by atoms with E-state index in [1.807, 2.05) is 0 Å². The van der Waals surface area contributed by atoms with Crippen molar-refractivity contribution in [1.82, 2.24) is 24.1 Å². The highest BCUT2D eigenvalue weighted by molar-refractivity contribution is 5.98. The van der Waals surface area contributed by atoms with Gasteiger partial charge in [0.05, 0.1) is 18.1 Å². The average Bonchev–Trinajstić information content (AvgIpc) is 3.14. The maximum absolute atomic E-state index is 12.9. The number of nitrogens with two attached hydrogens (primary N) is 1. The second-order valence-corrected chi connectivity index (χ2v) is 5.87. The van der Waals surface area contributed by atoms with Crippen molar-refractivity contribution in [3.05, 3.63) is 71.0 Å². The Kier molecular flexibility index (Phi) is 4.20. The lowest BCUT2D eigenvalue weighted by atomic mass is 10.3. The topological polar surface area (TPSA) is 132 Å². The summed E-state index contributed by atoms with van der Waals surface area (Å²) in [5.74, 6) is 0.296. The number of hydrogen-bond donors (Lipinski definition) is 3. The molecule has 0 unspecified atom stereocenters. The van der Waals surface area contributed by atoms with Crippen LogP contribution in [0.5, 0.6) is 0 Å². The summed E-state index contributed by atoms with van der Waals surface area (Å²) in [6, 6.07) is 8.59. The summed E-state index contributed by atoms with van der Waals surface area (Å²) in [5, 5.41) is 10.1. The largest absolute Gasteiger partial charge is 0.373 e. The van der Waals surface area contributed by atoms with Crippen molar-refractivity contribution >= 4 is 28.9 Å². The van der Waals surface area contributed by atoms with Gasteiger partial charge in [-0.1, -0.05) is 0 Å². The molecule has 1 amide bonds. The number of hydrogen-bond acceptors (Lipinski definition) is 7. The SMILES string of the molecule is CNc1cc(Nc2cccn(-c3cccnc3)c2=O)nc2c(C(N)=O)cnn12. The molecule has 140 valence electrons. The van der Waals surface area contributed by atoms with Gasteiger partial charge < -0.3 is 16.4 Å². The molecule has 0 aliphatic heterocycles. The number of primary amides is 1. The highest BCUT2D eigenvalue weighted by atomic mass is 16.1. The minimum Gasteiger partial charge on any atom is -0.373 e. The third-order valence-corrected chi connectivity index (χ3v) is 4.13. The van der Waals surface area contributed by atoms with Crippen LogP contribution >= 0.6 is 0 Å². The van der Waals surface area contributed by atoms with E-state index in [0.29, 0.717) is 23.0 Å². The van der Waals surface area contributed by atoms with Crippen molar-refractivity contribution in [2.75, 3.05) is 17.7 Å². The summed E-state index contributed by atoms with van der Waals surface area (Å²) in [5.41, 5.74) is 6.54. The number of rotatable bonds is 5. The highest BCUT2D eigenvalue weighted by Crippen LogP contribution is 2.20. The molecule has 4 aromatic rings. The van der Waals surface area contributed by atoms with Gasteiger partial charge in [0.1, 0.15) is 22.9 Å². The normalized spacial score (nSPS) is 10.8. The van der Waals surface area contributed by atoms with Gasteiger partial charge in [-0.05, 0) is 24.3 Å². The van der Waals surface area contributed by atoms with E-state index in [0.717, 1.165) is 0 Å². The molecule has 0 fully saturated rings. The van der Waals surface area contributed by atoms with Crippen LogP contribution in [-0.2, 0) is 0 Å². The molecule has 0 aromatic carbocycles. The van der Waals surface area contributed by atoms with E-state index >= 15 is 0 Å². The van der Waals surface area contributed by atoms with E-state index in [4.69, 9.17) is 5.73 Å². The molecule has 0 saturated carbocycles. The predicted molar refractivity (Wildman–Crippen MR) is 104 cm³/mol. The summed E-state index contributed by atoms with van der Waals surface area (Å²) in [6.45, 7) is 0. The van der Waals surface area contributed by atoms with E-state index in [9.17, 15) is 9.59 Å². The smallest absolute Gasteiger partial charge is 0.278 e.